The zero-order chi connectivity index (χ0) is 11.9. The van der Waals surface area contributed by atoms with Crippen molar-refractivity contribution in [3.8, 4) is 0 Å². The van der Waals surface area contributed by atoms with Crippen molar-refractivity contribution in [3.05, 3.63) is 23.8 Å². The third kappa shape index (κ3) is 2.70. The van der Waals surface area contributed by atoms with Gasteiger partial charge in [0.05, 0.1) is 4.90 Å². The van der Waals surface area contributed by atoms with Gasteiger partial charge in [-0.15, -0.1) is 0 Å². The van der Waals surface area contributed by atoms with E-state index in [-0.39, 0.29) is 10.3 Å². The molecule has 1 rings (SSSR count). The molecule has 0 saturated heterocycles. The fourth-order valence-corrected chi connectivity index (χ4v) is 2.31. The van der Waals surface area contributed by atoms with E-state index in [0.717, 1.165) is 0 Å². The minimum absolute atomic E-state index is 0.143. The van der Waals surface area contributed by atoms with E-state index in [1.807, 2.05) is 20.8 Å². The van der Waals surface area contributed by atoms with Gasteiger partial charge in [0.15, 0.2) is 0 Å². The van der Waals surface area contributed by atoms with E-state index in [1.165, 1.54) is 12.1 Å². The van der Waals surface area contributed by atoms with Crippen molar-refractivity contribution < 1.29 is 8.42 Å². The maximum absolute atomic E-state index is 11.3. The molecule has 0 radical (unpaired) electrons. The highest BCUT2D eigenvalue weighted by Crippen LogP contribution is 2.29. The summed E-state index contributed by atoms with van der Waals surface area (Å²) in [7, 11) is -3.69. The molecule has 0 aliphatic rings. The smallest absolute Gasteiger partial charge is 0.238 e. The maximum atomic E-state index is 11.3. The van der Waals surface area contributed by atoms with E-state index in [4.69, 9.17) is 10.9 Å². The van der Waals surface area contributed by atoms with Gasteiger partial charge in [-0.2, -0.15) is 0 Å². The van der Waals surface area contributed by atoms with E-state index in [9.17, 15) is 8.42 Å². The molecule has 5 heteroatoms. The Morgan fingerprint density at radius 1 is 1.20 bits per heavy atom. The monoisotopic (exact) mass is 228 g/mol. The third-order valence-corrected chi connectivity index (χ3v) is 3.09. The van der Waals surface area contributed by atoms with Crippen LogP contribution < -0.4 is 10.9 Å². The summed E-state index contributed by atoms with van der Waals surface area (Å²) in [6, 6.07) is 4.64. The first-order chi connectivity index (χ1) is 6.62. The summed E-state index contributed by atoms with van der Waals surface area (Å²) in [6.45, 7) is 5.74. The molecule has 0 fully saturated rings. The van der Waals surface area contributed by atoms with Crippen LogP contribution in [0.3, 0.4) is 0 Å². The first-order valence-corrected chi connectivity index (χ1v) is 6.10. The van der Waals surface area contributed by atoms with Crippen LogP contribution in [-0.2, 0) is 15.4 Å². The fraction of sp³-hybridized carbons (Fsp3) is 0.400. The molecule has 0 unspecified atom stereocenters. The van der Waals surface area contributed by atoms with Crippen LogP contribution in [-0.4, -0.2) is 8.42 Å². The molecule has 1 aromatic carbocycles. The van der Waals surface area contributed by atoms with Gasteiger partial charge in [0.1, 0.15) is 0 Å². The highest BCUT2D eigenvalue weighted by molar-refractivity contribution is 7.89. The molecule has 0 heterocycles. The van der Waals surface area contributed by atoms with Gasteiger partial charge in [0, 0.05) is 5.69 Å². The van der Waals surface area contributed by atoms with E-state index < -0.39 is 10.0 Å². The molecule has 0 spiro atoms. The Hall–Kier alpha value is -1.07. The Labute approximate surface area is 90.3 Å². The Bertz CT molecular complexity index is 473. The molecule has 84 valence electrons. The zero-order valence-electron chi connectivity index (χ0n) is 9.11. The van der Waals surface area contributed by atoms with Gasteiger partial charge in [0.2, 0.25) is 10.0 Å². The van der Waals surface area contributed by atoms with E-state index in [0.29, 0.717) is 11.3 Å². The van der Waals surface area contributed by atoms with Crippen LogP contribution >= 0.6 is 0 Å². The first kappa shape index (κ1) is 12.0. The highest BCUT2D eigenvalue weighted by atomic mass is 32.2. The van der Waals surface area contributed by atoms with Crippen molar-refractivity contribution in [2.75, 3.05) is 5.73 Å². The van der Waals surface area contributed by atoms with Gasteiger partial charge in [-0.25, -0.2) is 13.6 Å². The average Bonchev–Trinajstić information content (AvgIpc) is 2.00. The third-order valence-electron chi connectivity index (χ3n) is 2.12. The maximum Gasteiger partial charge on any atom is 0.238 e. The largest absolute Gasteiger partial charge is 0.399 e. The number of hydrogen-bond acceptors (Lipinski definition) is 3. The molecule has 0 amide bonds. The average molecular weight is 228 g/mol. The molecule has 4 N–H and O–H groups in total. The number of primary sulfonamides is 1. The summed E-state index contributed by atoms with van der Waals surface area (Å²) < 4.78 is 22.7. The fourth-order valence-electron chi connectivity index (χ4n) is 1.38. The summed E-state index contributed by atoms with van der Waals surface area (Å²) in [4.78, 5) is 0.143. The Morgan fingerprint density at radius 2 is 1.73 bits per heavy atom. The van der Waals surface area contributed by atoms with Gasteiger partial charge < -0.3 is 5.73 Å². The predicted molar refractivity (Wildman–Crippen MR) is 60.9 cm³/mol. The van der Waals surface area contributed by atoms with Crippen molar-refractivity contribution in [2.24, 2.45) is 5.14 Å². The number of nitrogens with two attached hydrogens (primary N) is 2. The van der Waals surface area contributed by atoms with Gasteiger partial charge in [-0.1, -0.05) is 20.8 Å². The standard InChI is InChI=1S/C10H16N2O2S/c1-10(2,3)8-6-7(11)4-5-9(8)15(12,13)14/h4-6H,11H2,1-3H3,(H2,12,13,14). The lowest BCUT2D eigenvalue weighted by molar-refractivity contribution is 0.562. The second-order valence-electron chi connectivity index (χ2n) is 4.55. The van der Waals surface area contributed by atoms with Crippen molar-refractivity contribution >= 4 is 15.7 Å². The minimum atomic E-state index is -3.69. The van der Waals surface area contributed by atoms with Crippen LogP contribution in [0.2, 0.25) is 0 Å². The number of hydrogen-bond donors (Lipinski definition) is 2. The molecule has 0 atom stereocenters. The van der Waals surface area contributed by atoms with Gasteiger partial charge in [-0.05, 0) is 29.2 Å². The van der Waals surface area contributed by atoms with Crippen molar-refractivity contribution in [3.63, 3.8) is 0 Å². The summed E-state index contributed by atoms with van der Waals surface area (Å²) in [5.74, 6) is 0. The van der Waals surface area contributed by atoms with Crippen LogP contribution in [0.4, 0.5) is 5.69 Å². The van der Waals surface area contributed by atoms with Crippen LogP contribution in [0, 0.1) is 0 Å². The van der Waals surface area contributed by atoms with E-state index >= 15 is 0 Å². The summed E-state index contributed by atoms with van der Waals surface area (Å²) in [6.07, 6.45) is 0. The second kappa shape index (κ2) is 3.50. The topological polar surface area (TPSA) is 86.2 Å². The lowest BCUT2D eigenvalue weighted by atomic mass is 9.87. The van der Waals surface area contributed by atoms with Crippen LogP contribution in [0.5, 0.6) is 0 Å². The van der Waals surface area contributed by atoms with E-state index in [2.05, 4.69) is 0 Å². The van der Waals surface area contributed by atoms with Crippen molar-refractivity contribution in [1.29, 1.82) is 0 Å². The van der Waals surface area contributed by atoms with Crippen molar-refractivity contribution in [2.45, 2.75) is 31.1 Å². The molecule has 15 heavy (non-hydrogen) atoms. The number of rotatable bonds is 1. The molecule has 0 aliphatic heterocycles. The van der Waals surface area contributed by atoms with Crippen molar-refractivity contribution in [1.82, 2.24) is 0 Å². The first-order valence-electron chi connectivity index (χ1n) is 4.55. The Kier molecular flexibility index (Phi) is 2.80. The lowest BCUT2D eigenvalue weighted by Crippen LogP contribution is -2.21. The minimum Gasteiger partial charge on any atom is -0.399 e. The van der Waals surface area contributed by atoms with Crippen LogP contribution in [0.15, 0.2) is 23.1 Å². The number of nitrogen functional groups attached to an aromatic ring is 1. The van der Waals surface area contributed by atoms with Gasteiger partial charge in [0.25, 0.3) is 0 Å². The van der Waals surface area contributed by atoms with E-state index in [1.54, 1.807) is 6.07 Å². The Balaban J connectivity index is 3.55. The number of benzene rings is 1. The summed E-state index contributed by atoms with van der Waals surface area (Å²) >= 11 is 0. The second-order valence-corrected chi connectivity index (χ2v) is 6.08. The molecule has 0 aromatic heterocycles. The normalized spacial score (nSPS) is 12.8. The number of anilines is 1. The molecule has 0 bridgehead atoms. The number of sulfonamides is 1. The summed E-state index contributed by atoms with van der Waals surface area (Å²) in [5, 5.41) is 5.14. The van der Waals surface area contributed by atoms with Crippen LogP contribution in [0.1, 0.15) is 26.3 Å². The van der Waals surface area contributed by atoms with Gasteiger partial charge in [-0.3, -0.25) is 0 Å². The molecule has 0 aliphatic carbocycles. The zero-order valence-corrected chi connectivity index (χ0v) is 9.93. The lowest BCUT2D eigenvalue weighted by Gasteiger charge is -2.22. The molecule has 4 nitrogen and oxygen atoms in total. The molecule has 0 saturated carbocycles. The predicted octanol–water partition coefficient (Wildman–Crippen LogP) is 1.21. The molecular formula is C10H16N2O2S. The highest BCUT2D eigenvalue weighted by Gasteiger charge is 2.23. The quantitative estimate of drug-likeness (QED) is 0.708. The van der Waals surface area contributed by atoms with Gasteiger partial charge >= 0.3 is 0 Å². The molecular weight excluding hydrogens is 212 g/mol. The molecule has 1 aromatic rings. The SMILES string of the molecule is CC(C)(C)c1cc(N)ccc1S(N)(=O)=O. The summed E-state index contributed by atoms with van der Waals surface area (Å²) in [5.41, 5.74) is 6.50. The Morgan fingerprint density at radius 3 is 2.13 bits per heavy atom. The van der Waals surface area contributed by atoms with Crippen LogP contribution in [0.25, 0.3) is 0 Å².